The van der Waals surface area contributed by atoms with Crippen molar-refractivity contribution in [2.45, 2.75) is 25.7 Å². The SMILES string of the molecule is CCOC(=O)CC(N)c1ccccc1OC(F)(F)F. The fourth-order valence-corrected chi connectivity index (χ4v) is 1.51. The number of hydrogen-bond donors (Lipinski definition) is 1. The molecule has 0 aliphatic rings. The lowest BCUT2D eigenvalue weighted by Crippen LogP contribution is -2.22. The lowest BCUT2D eigenvalue weighted by molar-refractivity contribution is -0.274. The number of hydrogen-bond acceptors (Lipinski definition) is 4. The highest BCUT2D eigenvalue weighted by Crippen LogP contribution is 2.30. The van der Waals surface area contributed by atoms with Crippen LogP contribution < -0.4 is 10.5 Å². The molecule has 1 atom stereocenters. The summed E-state index contributed by atoms with van der Waals surface area (Å²) in [6.07, 6.45) is -5.02. The van der Waals surface area contributed by atoms with E-state index < -0.39 is 24.1 Å². The van der Waals surface area contributed by atoms with E-state index in [0.29, 0.717) is 0 Å². The summed E-state index contributed by atoms with van der Waals surface area (Å²) in [5, 5.41) is 0. The van der Waals surface area contributed by atoms with Crippen molar-refractivity contribution in [3.8, 4) is 5.75 Å². The highest BCUT2D eigenvalue weighted by atomic mass is 19.4. The van der Waals surface area contributed by atoms with Crippen LogP contribution in [0, 0.1) is 0 Å². The quantitative estimate of drug-likeness (QED) is 0.840. The maximum atomic E-state index is 12.2. The number of para-hydroxylation sites is 1. The molecule has 0 radical (unpaired) electrons. The number of alkyl halides is 3. The van der Waals surface area contributed by atoms with Crippen LogP contribution in [0.1, 0.15) is 24.9 Å². The van der Waals surface area contributed by atoms with Crippen LogP contribution in [0.3, 0.4) is 0 Å². The molecule has 1 aromatic carbocycles. The van der Waals surface area contributed by atoms with Crippen molar-refractivity contribution in [2.75, 3.05) is 6.61 Å². The van der Waals surface area contributed by atoms with Gasteiger partial charge in [-0.1, -0.05) is 18.2 Å². The molecule has 0 fully saturated rings. The Balaban J connectivity index is 2.84. The first-order chi connectivity index (χ1) is 8.83. The molecule has 19 heavy (non-hydrogen) atoms. The highest BCUT2D eigenvalue weighted by molar-refractivity contribution is 5.70. The zero-order valence-corrected chi connectivity index (χ0v) is 10.2. The monoisotopic (exact) mass is 277 g/mol. The fraction of sp³-hybridized carbons (Fsp3) is 0.417. The van der Waals surface area contributed by atoms with Crippen molar-refractivity contribution in [1.29, 1.82) is 0 Å². The number of esters is 1. The van der Waals surface area contributed by atoms with Crippen molar-refractivity contribution in [2.24, 2.45) is 5.73 Å². The van der Waals surface area contributed by atoms with Crippen LogP contribution in [0.15, 0.2) is 24.3 Å². The minimum Gasteiger partial charge on any atom is -0.466 e. The minimum absolute atomic E-state index is 0.105. The Bertz CT molecular complexity index is 434. The van der Waals surface area contributed by atoms with Gasteiger partial charge in [0, 0.05) is 11.6 Å². The van der Waals surface area contributed by atoms with E-state index in [1.807, 2.05) is 0 Å². The van der Waals surface area contributed by atoms with Crippen molar-refractivity contribution in [1.82, 2.24) is 0 Å². The van der Waals surface area contributed by atoms with Gasteiger partial charge in [0.2, 0.25) is 0 Å². The van der Waals surface area contributed by atoms with E-state index in [0.717, 1.165) is 6.07 Å². The summed E-state index contributed by atoms with van der Waals surface area (Å²) in [5.74, 6) is -0.983. The summed E-state index contributed by atoms with van der Waals surface area (Å²) < 4.78 is 45.2. The van der Waals surface area contributed by atoms with E-state index in [9.17, 15) is 18.0 Å². The van der Waals surface area contributed by atoms with Crippen LogP contribution in [0.4, 0.5) is 13.2 Å². The van der Waals surface area contributed by atoms with E-state index in [2.05, 4.69) is 4.74 Å². The summed E-state index contributed by atoms with van der Waals surface area (Å²) in [6, 6.07) is 4.52. The van der Waals surface area contributed by atoms with Crippen LogP contribution in [-0.2, 0) is 9.53 Å². The van der Waals surface area contributed by atoms with Gasteiger partial charge in [-0.05, 0) is 13.0 Å². The van der Waals surface area contributed by atoms with Gasteiger partial charge in [-0.25, -0.2) is 0 Å². The minimum atomic E-state index is -4.81. The standard InChI is InChI=1S/C12H14F3NO3/c1-2-18-11(17)7-9(16)8-5-3-4-6-10(8)19-12(13,14)15/h3-6,9H,2,7,16H2,1H3. The van der Waals surface area contributed by atoms with Crippen molar-refractivity contribution >= 4 is 5.97 Å². The summed E-state index contributed by atoms with van der Waals surface area (Å²) in [6.45, 7) is 1.82. The van der Waals surface area contributed by atoms with Crippen molar-refractivity contribution < 1.29 is 27.4 Å². The first-order valence-corrected chi connectivity index (χ1v) is 5.59. The van der Waals surface area contributed by atoms with E-state index in [-0.39, 0.29) is 18.6 Å². The van der Waals surface area contributed by atoms with E-state index in [1.54, 1.807) is 6.92 Å². The van der Waals surface area contributed by atoms with Gasteiger partial charge in [-0.3, -0.25) is 4.79 Å². The van der Waals surface area contributed by atoms with Gasteiger partial charge >= 0.3 is 12.3 Å². The molecule has 1 unspecified atom stereocenters. The average molecular weight is 277 g/mol. The largest absolute Gasteiger partial charge is 0.573 e. The van der Waals surface area contributed by atoms with Crippen LogP contribution in [-0.4, -0.2) is 18.9 Å². The highest BCUT2D eigenvalue weighted by Gasteiger charge is 2.32. The number of carbonyl (C=O) groups is 1. The molecule has 4 nitrogen and oxygen atoms in total. The smallest absolute Gasteiger partial charge is 0.466 e. The molecular formula is C12H14F3NO3. The molecule has 0 aliphatic heterocycles. The zero-order valence-electron chi connectivity index (χ0n) is 10.2. The molecule has 0 spiro atoms. The van der Waals surface area contributed by atoms with Gasteiger partial charge in [0.1, 0.15) is 5.75 Å². The lowest BCUT2D eigenvalue weighted by Gasteiger charge is -2.17. The second kappa shape index (κ2) is 6.42. The van der Waals surface area contributed by atoms with E-state index in [1.165, 1.54) is 18.2 Å². The van der Waals surface area contributed by atoms with E-state index >= 15 is 0 Å². The number of rotatable bonds is 5. The third kappa shape index (κ3) is 5.17. The second-order valence-electron chi connectivity index (χ2n) is 3.70. The van der Waals surface area contributed by atoms with Gasteiger partial charge in [0.25, 0.3) is 0 Å². The topological polar surface area (TPSA) is 61.5 Å². The summed E-state index contributed by atoms with van der Waals surface area (Å²) in [7, 11) is 0. The molecule has 0 aromatic heterocycles. The molecule has 1 rings (SSSR count). The van der Waals surface area contributed by atoms with Crippen LogP contribution in [0.25, 0.3) is 0 Å². The van der Waals surface area contributed by atoms with Gasteiger partial charge in [-0.15, -0.1) is 13.2 Å². The predicted molar refractivity (Wildman–Crippen MR) is 61.3 cm³/mol. The van der Waals surface area contributed by atoms with Crippen LogP contribution in [0.5, 0.6) is 5.75 Å². The normalized spacial score (nSPS) is 12.9. The molecule has 0 saturated carbocycles. The second-order valence-corrected chi connectivity index (χ2v) is 3.70. The average Bonchev–Trinajstić information content (AvgIpc) is 2.27. The van der Waals surface area contributed by atoms with Gasteiger partial charge < -0.3 is 15.2 Å². The Labute approximate surface area is 108 Å². The molecule has 0 aliphatic carbocycles. The molecule has 0 amide bonds. The molecule has 0 saturated heterocycles. The Morgan fingerprint density at radius 1 is 1.37 bits per heavy atom. The van der Waals surface area contributed by atoms with E-state index in [4.69, 9.17) is 10.5 Å². The lowest BCUT2D eigenvalue weighted by atomic mass is 10.0. The number of halogens is 3. The number of benzene rings is 1. The summed E-state index contributed by atoms with van der Waals surface area (Å²) >= 11 is 0. The third-order valence-electron chi connectivity index (χ3n) is 2.24. The molecule has 0 heterocycles. The molecule has 0 bridgehead atoms. The molecular weight excluding hydrogens is 263 g/mol. The van der Waals surface area contributed by atoms with Gasteiger partial charge in [0.05, 0.1) is 13.0 Å². The molecule has 1 aromatic rings. The van der Waals surface area contributed by atoms with Crippen molar-refractivity contribution in [3.63, 3.8) is 0 Å². The maximum Gasteiger partial charge on any atom is 0.573 e. The van der Waals surface area contributed by atoms with Gasteiger partial charge in [-0.2, -0.15) is 0 Å². The first kappa shape index (κ1) is 15.3. The van der Waals surface area contributed by atoms with Gasteiger partial charge in [0.15, 0.2) is 0 Å². The Hall–Kier alpha value is -1.76. The van der Waals surface area contributed by atoms with Crippen LogP contribution in [0.2, 0.25) is 0 Å². The van der Waals surface area contributed by atoms with Crippen LogP contribution >= 0.6 is 0 Å². The number of nitrogens with two attached hydrogens (primary N) is 1. The third-order valence-corrected chi connectivity index (χ3v) is 2.24. The number of ether oxygens (including phenoxy) is 2. The first-order valence-electron chi connectivity index (χ1n) is 5.59. The van der Waals surface area contributed by atoms with Crippen molar-refractivity contribution in [3.05, 3.63) is 29.8 Å². The predicted octanol–water partition coefficient (Wildman–Crippen LogP) is 2.54. The molecule has 2 N–H and O–H groups in total. The number of carbonyl (C=O) groups excluding carboxylic acids is 1. The zero-order chi connectivity index (χ0) is 14.5. The Kier molecular flexibility index (Phi) is 5.17. The summed E-state index contributed by atoms with van der Waals surface area (Å²) in [5.41, 5.74) is 5.80. The maximum absolute atomic E-state index is 12.2. The fourth-order valence-electron chi connectivity index (χ4n) is 1.51. The molecule has 106 valence electrons. The summed E-state index contributed by atoms with van der Waals surface area (Å²) in [4.78, 5) is 11.3. The molecule has 7 heteroatoms. The Morgan fingerprint density at radius 2 is 2.00 bits per heavy atom. The Morgan fingerprint density at radius 3 is 2.58 bits per heavy atom.